The number of aromatic nitrogens is 2. The quantitative estimate of drug-likeness (QED) is 0.128. The van der Waals surface area contributed by atoms with Crippen molar-refractivity contribution in [2.45, 2.75) is 84.1 Å². The number of methoxy groups -OCH3 is 1. The number of amides is 1. The number of alkyl halides is 8. The SMILES string of the molecule is COc1ncc(-c2c(C)cc(C(=O)OC(C)(C)C)cc2C)cc1-c1ccc(N2CC(F)(F)C2)nc1CN1C(=O)OC(c2cc(C(F)(F)F)cc(C(F)(F)F)c2)C1C. The lowest BCUT2D eigenvalue weighted by Crippen LogP contribution is -2.56. The van der Waals surface area contributed by atoms with E-state index in [1.165, 1.54) is 25.0 Å². The molecule has 57 heavy (non-hydrogen) atoms. The van der Waals surface area contributed by atoms with E-state index in [9.17, 15) is 44.7 Å². The van der Waals surface area contributed by atoms with E-state index in [2.05, 4.69) is 9.97 Å². The van der Waals surface area contributed by atoms with Gasteiger partial charge in [0.2, 0.25) is 5.88 Å². The Morgan fingerprint density at radius 1 is 0.912 bits per heavy atom. The molecule has 2 aromatic heterocycles. The van der Waals surface area contributed by atoms with Crippen LogP contribution >= 0.6 is 0 Å². The molecule has 2 atom stereocenters. The number of aryl methyl sites for hydroxylation is 2. The first-order valence-corrected chi connectivity index (χ1v) is 17.6. The maximum Gasteiger partial charge on any atom is 0.416 e. The van der Waals surface area contributed by atoms with Gasteiger partial charge in [-0.1, -0.05) is 0 Å². The monoisotopic (exact) mass is 806 g/mol. The van der Waals surface area contributed by atoms with Crippen molar-refractivity contribution in [3.8, 4) is 28.1 Å². The van der Waals surface area contributed by atoms with Crippen molar-refractivity contribution in [3.63, 3.8) is 0 Å². The highest BCUT2D eigenvalue weighted by Gasteiger charge is 2.46. The second-order valence-corrected chi connectivity index (χ2v) is 15.2. The Labute approximate surface area is 322 Å². The van der Waals surface area contributed by atoms with Gasteiger partial charge in [0.05, 0.1) is 55.2 Å². The predicted molar refractivity (Wildman–Crippen MR) is 192 cm³/mol. The van der Waals surface area contributed by atoms with Crippen molar-refractivity contribution >= 4 is 17.9 Å². The number of benzene rings is 2. The molecule has 4 heterocycles. The summed E-state index contributed by atoms with van der Waals surface area (Å²) in [5, 5.41) is 0. The number of anilines is 1. The molecule has 9 nitrogen and oxygen atoms in total. The summed E-state index contributed by atoms with van der Waals surface area (Å²) in [5.41, 5.74) is -0.476. The second-order valence-electron chi connectivity index (χ2n) is 15.2. The third-order valence-electron chi connectivity index (χ3n) is 9.57. The standard InChI is InChI=1S/C40H38F8N4O5/c1-20-10-24(35(53)57-37(4,5)6)11-21(2)32(20)25-14-29(34(55-7)49-16-25)28-8-9-31(51-18-38(41,42)19-51)50-30(28)17-52-22(3)33(56-36(52)54)23-12-26(39(43,44)45)15-27(13-23)40(46,47)48/h8-16,22,33H,17-19H2,1-7H3. The van der Waals surface area contributed by atoms with Crippen LogP contribution in [0.1, 0.15) is 77.7 Å². The van der Waals surface area contributed by atoms with Crippen LogP contribution in [0.25, 0.3) is 22.3 Å². The Morgan fingerprint density at radius 3 is 2.04 bits per heavy atom. The van der Waals surface area contributed by atoms with E-state index in [4.69, 9.17) is 14.2 Å². The highest BCUT2D eigenvalue weighted by molar-refractivity contribution is 5.92. The number of rotatable bonds is 8. The number of pyridine rings is 2. The fourth-order valence-corrected chi connectivity index (χ4v) is 6.99. The van der Waals surface area contributed by atoms with Gasteiger partial charge in [0.15, 0.2) is 0 Å². The van der Waals surface area contributed by atoms with Crippen molar-refractivity contribution in [1.82, 2.24) is 14.9 Å². The van der Waals surface area contributed by atoms with Gasteiger partial charge in [-0.3, -0.25) is 4.90 Å². The van der Waals surface area contributed by atoms with Crippen LogP contribution in [-0.4, -0.2) is 64.7 Å². The van der Waals surface area contributed by atoms with Crippen molar-refractivity contribution in [2.24, 2.45) is 0 Å². The summed E-state index contributed by atoms with van der Waals surface area (Å²) in [7, 11) is 1.37. The molecule has 6 rings (SSSR count). The molecule has 0 radical (unpaired) electrons. The van der Waals surface area contributed by atoms with Gasteiger partial charge in [0.1, 0.15) is 17.5 Å². The van der Waals surface area contributed by atoms with Gasteiger partial charge in [0.25, 0.3) is 5.92 Å². The number of esters is 1. The number of ether oxygens (including phenoxy) is 3. The largest absolute Gasteiger partial charge is 0.481 e. The molecule has 304 valence electrons. The molecule has 0 aliphatic carbocycles. The Kier molecular flexibility index (Phi) is 10.5. The highest BCUT2D eigenvalue weighted by Crippen LogP contribution is 2.43. The third kappa shape index (κ3) is 8.61. The molecule has 2 aliphatic heterocycles. The van der Waals surface area contributed by atoms with E-state index in [0.717, 1.165) is 10.5 Å². The normalized spacial score (nSPS) is 18.3. The molecule has 17 heteroatoms. The van der Waals surface area contributed by atoms with Crippen LogP contribution in [0.15, 0.2) is 54.7 Å². The molecular formula is C40H38F8N4O5. The summed E-state index contributed by atoms with van der Waals surface area (Å²) < 4.78 is 127. The average Bonchev–Trinajstić information content (AvgIpc) is 3.37. The summed E-state index contributed by atoms with van der Waals surface area (Å²) in [6.45, 7) is 8.64. The molecule has 1 amide bonds. The summed E-state index contributed by atoms with van der Waals surface area (Å²) in [4.78, 5) is 37.8. The van der Waals surface area contributed by atoms with E-state index in [-0.39, 0.29) is 23.5 Å². The molecule has 0 spiro atoms. The minimum atomic E-state index is -5.13. The molecule has 0 N–H and O–H groups in total. The van der Waals surface area contributed by atoms with Crippen molar-refractivity contribution < 1.29 is 58.9 Å². The molecule has 0 saturated carbocycles. The Morgan fingerprint density at radius 2 is 1.51 bits per heavy atom. The molecule has 0 bridgehead atoms. The van der Waals surface area contributed by atoms with Crippen LogP contribution in [0.2, 0.25) is 0 Å². The lowest BCUT2D eigenvalue weighted by atomic mass is 9.92. The lowest BCUT2D eigenvalue weighted by Gasteiger charge is -2.39. The number of carbonyl (C=O) groups is 2. The number of hydrogen-bond donors (Lipinski definition) is 0. The van der Waals surface area contributed by atoms with Crippen LogP contribution in [-0.2, 0) is 28.4 Å². The zero-order valence-electron chi connectivity index (χ0n) is 31.8. The van der Waals surface area contributed by atoms with Gasteiger partial charge < -0.3 is 19.1 Å². The van der Waals surface area contributed by atoms with Crippen LogP contribution < -0.4 is 9.64 Å². The molecule has 4 aromatic rings. The van der Waals surface area contributed by atoms with Crippen LogP contribution in [0.4, 0.5) is 45.7 Å². The minimum absolute atomic E-state index is 0.0162. The van der Waals surface area contributed by atoms with E-state index < -0.39 is 84.4 Å². The van der Waals surface area contributed by atoms with Crippen LogP contribution in [0, 0.1) is 13.8 Å². The lowest BCUT2D eigenvalue weighted by molar-refractivity contribution is -0.143. The fourth-order valence-electron chi connectivity index (χ4n) is 6.99. The van der Waals surface area contributed by atoms with Gasteiger partial charge in [0, 0.05) is 22.9 Å². The van der Waals surface area contributed by atoms with Crippen molar-refractivity contribution in [2.75, 3.05) is 25.1 Å². The summed E-state index contributed by atoms with van der Waals surface area (Å²) >= 11 is 0. The van der Waals surface area contributed by atoms with E-state index >= 15 is 0 Å². The van der Waals surface area contributed by atoms with E-state index in [0.29, 0.717) is 45.5 Å². The highest BCUT2D eigenvalue weighted by atomic mass is 19.4. The van der Waals surface area contributed by atoms with Gasteiger partial charge in [-0.2, -0.15) is 26.3 Å². The average molecular weight is 807 g/mol. The molecule has 2 fully saturated rings. The molecule has 2 saturated heterocycles. The first kappa shape index (κ1) is 41.2. The topological polar surface area (TPSA) is 94.1 Å². The number of carbonyl (C=O) groups excluding carboxylic acids is 2. The maximum atomic E-state index is 13.9. The smallest absolute Gasteiger partial charge is 0.416 e. The van der Waals surface area contributed by atoms with E-state index in [1.54, 1.807) is 51.2 Å². The summed E-state index contributed by atoms with van der Waals surface area (Å²) in [6, 6.07) is 8.07. The van der Waals surface area contributed by atoms with Crippen molar-refractivity contribution in [1.29, 1.82) is 0 Å². The van der Waals surface area contributed by atoms with Crippen LogP contribution in [0.3, 0.4) is 0 Å². The van der Waals surface area contributed by atoms with Crippen molar-refractivity contribution in [3.05, 3.63) is 93.8 Å². The first-order valence-electron chi connectivity index (χ1n) is 17.6. The Balaban J connectivity index is 1.42. The zero-order chi connectivity index (χ0) is 42.0. The van der Waals surface area contributed by atoms with Gasteiger partial charge in [-0.05, 0) is 112 Å². The molecular weight excluding hydrogens is 768 g/mol. The number of nitrogens with zero attached hydrogens (tertiary/aromatic N) is 4. The predicted octanol–water partition coefficient (Wildman–Crippen LogP) is 9.97. The maximum absolute atomic E-state index is 13.9. The minimum Gasteiger partial charge on any atom is -0.481 e. The third-order valence-corrected chi connectivity index (χ3v) is 9.57. The number of hydrogen-bond acceptors (Lipinski definition) is 8. The Hall–Kier alpha value is -5.48. The number of halogens is 8. The first-order chi connectivity index (χ1) is 26.3. The molecule has 2 aliphatic rings. The van der Waals surface area contributed by atoms with Gasteiger partial charge in [-0.25, -0.2) is 28.3 Å². The molecule has 2 unspecified atom stereocenters. The summed E-state index contributed by atoms with van der Waals surface area (Å²) in [6.07, 6.45) is -11.3. The zero-order valence-corrected chi connectivity index (χ0v) is 31.8. The van der Waals surface area contributed by atoms with Gasteiger partial charge in [-0.15, -0.1) is 0 Å². The summed E-state index contributed by atoms with van der Waals surface area (Å²) in [5.74, 6) is -3.21. The molecule has 2 aromatic carbocycles. The fraction of sp³-hybridized carbons (Fsp3) is 0.400. The van der Waals surface area contributed by atoms with E-state index in [1.807, 2.05) is 13.8 Å². The second kappa shape index (κ2) is 14.5. The number of cyclic esters (lactones) is 1. The van der Waals surface area contributed by atoms with Gasteiger partial charge >= 0.3 is 24.4 Å². The van der Waals surface area contributed by atoms with Crippen LogP contribution in [0.5, 0.6) is 5.88 Å². The Bertz CT molecular complexity index is 2170.